The van der Waals surface area contributed by atoms with Crippen LogP contribution in [0, 0.1) is 5.92 Å². The number of rotatable bonds is 5. The first-order chi connectivity index (χ1) is 9.97. The number of carboxylic acids is 1. The van der Waals surface area contributed by atoms with Gasteiger partial charge in [0.05, 0.1) is 5.52 Å². The highest BCUT2D eigenvalue weighted by Crippen LogP contribution is 2.13. The molecule has 0 aliphatic rings. The number of para-hydroxylation sites is 1. The van der Waals surface area contributed by atoms with E-state index in [1.807, 2.05) is 30.3 Å². The van der Waals surface area contributed by atoms with Gasteiger partial charge in [0.25, 0.3) is 0 Å². The van der Waals surface area contributed by atoms with Crippen molar-refractivity contribution < 1.29 is 14.7 Å². The molecule has 2 N–H and O–H groups in total. The Labute approximate surface area is 123 Å². The lowest BCUT2D eigenvalue weighted by Gasteiger charge is -2.16. The van der Waals surface area contributed by atoms with Gasteiger partial charge in [-0.15, -0.1) is 0 Å². The normalized spacial score (nSPS) is 12.3. The molecule has 0 aliphatic heterocycles. The average Bonchev–Trinajstić information content (AvgIpc) is 2.46. The van der Waals surface area contributed by atoms with Crippen molar-refractivity contribution in [3.05, 3.63) is 42.1 Å². The number of hydrogen-bond acceptors (Lipinski definition) is 3. The first kappa shape index (κ1) is 15.0. The summed E-state index contributed by atoms with van der Waals surface area (Å²) in [7, 11) is 0. The van der Waals surface area contributed by atoms with Crippen molar-refractivity contribution in [1.82, 2.24) is 10.3 Å². The monoisotopic (exact) mass is 286 g/mol. The van der Waals surface area contributed by atoms with E-state index in [9.17, 15) is 14.7 Å². The maximum Gasteiger partial charge on any atom is 0.326 e. The zero-order chi connectivity index (χ0) is 15.4. The van der Waals surface area contributed by atoms with Gasteiger partial charge in [0, 0.05) is 23.4 Å². The highest BCUT2D eigenvalue weighted by Gasteiger charge is 2.22. The van der Waals surface area contributed by atoms with Crippen LogP contribution in [0.2, 0.25) is 0 Å². The maximum atomic E-state index is 11.7. The van der Waals surface area contributed by atoms with Crippen molar-refractivity contribution in [2.75, 3.05) is 0 Å². The molecular formula is C16H18N2O3. The van der Waals surface area contributed by atoms with E-state index in [1.165, 1.54) is 0 Å². The minimum absolute atomic E-state index is 0.165. The molecule has 0 spiro atoms. The number of benzene rings is 1. The van der Waals surface area contributed by atoms with Gasteiger partial charge in [-0.05, 0) is 12.1 Å². The highest BCUT2D eigenvalue weighted by atomic mass is 16.4. The molecule has 110 valence electrons. The number of nitrogens with zero attached hydrogens (tertiary/aromatic N) is 1. The Morgan fingerprint density at radius 1 is 1.19 bits per heavy atom. The predicted molar refractivity (Wildman–Crippen MR) is 79.9 cm³/mol. The van der Waals surface area contributed by atoms with Gasteiger partial charge in [0.2, 0.25) is 5.91 Å². The summed E-state index contributed by atoms with van der Waals surface area (Å²) in [6, 6.07) is 10.4. The molecule has 0 radical (unpaired) electrons. The fraction of sp³-hybridized carbons (Fsp3) is 0.312. The summed E-state index contributed by atoms with van der Waals surface area (Å²) in [5.41, 5.74) is 1.46. The topological polar surface area (TPSA) is 79.3 Å². The molecule has 1 aromatic carbocycles. The number of aromatic nitrogens is 1. The molecule has 1 heterocycles. The molecular weight excluding hydrogens is 268 g/mol. The Morgan fingerprint density at radius 3 is 2.57 bits per heavy atom. The van der Waals surface area contributed by atoms with E-state index in [4.69, 9.17) is 0 Å². The largest absolute Gasteiger partial charge is 0.480 e. The maximum absolute atomic E-state index is 11.7. The SMILES string of the molecule is CC(C)C(=O)N[C@H](Cc1ccc2ccccc2n1)C(=O)O. The van der Waals surface area contributed by atoms with Gasteiger partial charge in [-0.25, -0.2) is 4.79 Å². The number of amides is 1. The predicted octanol–water partition coefficient (Wildman–Crippen LogP) is 2.00. The molecule has 21 heavy (non-hydrogen) atoms. The number of carboxylic acid groups (broad SMARTS) is 1. The van der Waals surface area contributed by atoms with Gasteiger partial charge in [-0.2, -0.15) is 0 Å². The van der Waals surface area contributed by atoms with Crippen molar-refractivity contribution in [3.63, 3.8) is 0 Å². The van der Waals surface area contributed by atoms with E-state index in [2.05, 4.69) is 10.3 Å². The van der Waals surface area contributed by atoms with Crippen LogP contribution in [-0.4, -0.2) is 28.0 Å². The van der Waals surface area contributed by atoms with E-state index < -0.39 is 12.0 Å². The van der Waals surface area contributed by atoms with Crippen LogP contribution in [0.3, 0.4) is 0 Å². The molecule has 5 nitrogen and oxygen atoms in total. The van der Waals surface area contributed by atoms with E-state index in [-0.39, 0.29) is 18.2 Å². The van der Waals surface area contributed by atoms with Crippen molar-refractivity contribution in [3.8, 4) is 0 Å². The Morgan fingerprint density at radius 2 is 1.90 bits per heavy atom. The average molecular weight is 286 g/mol. The number of hydrogen-bond donors (Lipinski definition) is 2. The molecule has 5 heteroatoms. The minimum atomic E-state index is -1.06. The smallest absolute Gasteiger partial charge is 0.326 e. The summed E-state index contributed by atoms with van der Waals surface area (Å²) in [4.78, 5) is 27.4. The van der Waals surface area contributed by atoms with Gasteiger partial charge in [0.15, 0.2) is 0 Å². The van der Waals surface area contributed by atoms with Gasteiger partial charge >= 0.3 is 5.97 Å². The lowest BCUT2D eigenvalue weighted by molar-refractivity contribution is -0.142. The standard InChI is InChI=1S/C16H18N2O3/c1-10(2)15(19)18-14(16(20)21)9-12-8-7-11-5-3-4-6-13(11)17-12/h3-8,10,14H,9H2,1-2H3,(H,18,19)(H,20,21)/t14-/m1/s1. The Balaban J connectivity index is 2.18. The van der Waals surface area contributed by atoms with Crippen LogP contribution in [0.4, 0.5) is 0 Å². The molecule has 1 amide bonds. The van der Waals surface area contributed by atoms with Crippen LogP contribution < -0.4 is 5.32 Å². The summed E-state index contributed by atoms with van der Waals surface area (Å²) < 4.78 is 0. The van der Waals surface area contributed by atoms with Gasteiger partial charge in [-0.3, -0.25) is 9.78 Å². The molecule has 1 atom stereocenters. The summed E-state index contributed by atoms with van der Waals surface area (Å²) in [5.74, 6) is -1.58. The Hall–Kier alpha value is -2.43. The van der Waals surface area contributed by atoms with Gasteiger partial charge in [0.1, 0.15) is 6.04 Å². The summed E-state index contributed by atoms with van der Waals surface area (Å²) in [6.45, 7) is 3.45. The highest BCUT2D eigenvalue weighted by molar-refractivity contribution is 5.85. The Bertz CT molecular complexity index is 667. The zero-order valence-corrected chi connectivity index (χ0v) is 12.0. The number of fused-ring (bicyclic) bond motifs is 1. The molecule has 2 rings (SSSR count). The lowest BCUT2D eigenvalue weighted by Crippen LogP contribution is -2.44. The van der Waals surface area contributed by atoms with Crippen molar-refractivity contribution in [1.29, 1.82) is 0 Å². The quantitative estimate of drug-likeness (QED) is 0.881. The summed E-state index contributed by atoms with van der Waals surface area (Å²) in [5, 5.41) is 12.8. The third-order valence-corrected chi connectivity index (χ3v) is 3.21. The Kier molecular flexibility index (Phi) is 4.52. The second kappa shape index (κ2) is 6.35. The lowest BCUT2D eigenvalue weighted by atomic mass is 10.1. The van der Waals surface area contributed by atoms with Crippen LogP contribution in [0.1, 0.15) is 19.5 Å². The van der Waals surface area contributed by atoms with Crippen molar-refractivity contribution in [2.45, 2.75) is 26.3 Å². The molecule has 0 fully saturated rings. The second-order valence-electron chi connectivity index (χ2n) is 5.25. The minimum Gasteiger partial charge on any atom is -0.480 e. The first-order valence-electron chi connectivity index (χ1n) is 6.85. The fourth-order valence-corrected chi connectivity index (χ4v) is 1.97. The van der Waals surface area contributed by atoms with Crippen molar-refractivity contribution in [2.24, 2.45) is 5.92 Å². The van der Waals surface area contributed by atoms with E-state index in [0.29, 0.717) is 5.69 Å². The molecule has 0 bridgehead atoms. The number of aliphatic carboxylic acids is 1. The number of carbonyl (C=O) groups excluding carboxylic acids is 1. The molecule has 1 aromatic heterocycles. The van der Waals surface area contributed by atoms with Crippen LogP contribution in [-0.2, 0) is 16.0 Å². The third kappa shape index (κ3) is 3.78. The number of pyridine rings is 1. The van der Waals surface area contributed by atoms with E-state index in [1.54, 1.807) is 19.9 Å². The zero-order valence-electron chi connectivity index (χ0n) is 12.0. The van der Waals surface area contributed by atoms with Crippen molar-refractivity contribution >= 4 is 22.8 Å². The molecule has 2 aromatic rings. The molecule has 0 saturated carbocycles. The second-order valence-corrected chi connectivity index (χ2v) is 5.25. The van der Waals surface area contributed by atoms with E-state index >= 15 is 0 Å². The van der Waals surface area contributed by atoms with Crippen LogP contribution in [0.25, 0.3) is 10.9 Å². The number of nitrogens with one attached hydrogen (secondary N) is 1. The van der Waals surface area contributed by atoms with Crippen LogP contribution in [0.15, 0.2) is 36.4 Å². The van der Waals surface area contributed by atoms with Gasteiger partial charge < -0.3 is 10.4 Å². The number of carbonyl (C=O) groups is 2. The molecule has 0 unspecified atom stereocenters. The van der Waals surface area contributed by atoms with Crippen LogP contribution >= 0.6 is 0 Å². The summed E-state index contributed by atoms with van der Waals surface area (Å²) >= 11 is 0. The fourth-order valence-electron chi connectivity index (χ4n) is 1.97. The summed E-state index contributed by atoms with van der Waals surface area (Å²) in [6.07, 6.45) is 0.165. The molecule has 0 saturated heterocycles. The van der Waals surface area contributed by atoms with Crippen LogP contribution in [0.5, 0.6) is 0 Å². The van der Waals surface area contributed by atoms with E-state index in [0.717, 1.165) is 10.9 Å². The third-order valence-electron chi connectivity index (χ3n) is 3.21. The first-order valence-corrected chi connectivity index (χ1v) is 6.85. The van der Waals surface area contributed by atoms with Gasteiger partial charge in [-0.1, -0.05) is 38.1 Å². The molecule has 0 aliphatic carbocycles.